The smallest absolute Gasteiger partial charge is 0.248 e. The lowest BCUT2D eigenvalue weighted by Crippen LogP contribution is -2.64. The van der Waals surface area contributed by atoms with E-state index in [2.05, 4.69) is 47.4 Å². The molecule has 3 aliphatic heterocycles. The summed E-state index contributed by atoms with van der Waals surface area (Å²) in [7, 11) is 0. The van der Waals surface area contributed by atoms with E-state index in [4.69, 9.17) is 5.73 Å². The summed E-state index contributed by atoms with van der Waals surface area (Å²) < 4.78 is 0. The van der Waals surface area contributed by atoms with E-state index in [9.17, 15) is 84.3 Å². The summed E-state index contributed by atoms with van der Waals surface area (Å²) >= 11 is 0.753. The van der Waals surface area contributed by atoms with Gasteiger partial charge in [-0.3, -0.25) is 38.4 Å². The number of nitrogens with one attached hydrogen (secondary N) is 5. The van der Waals surface area contributed by atoms with Crippen LogP contribution in [0.5, 0.6) is 11.5 Å². The van der Waals surface area contributed by atoms with E-state index in [1.807, 2.05) is 0 Å². The van der Waals surface area contributed by atoms with Gasteiger partial charge in [0.1, 0.15) is 65.3 Å². The number of hydrogen-bond acceptors (Lipinski definition) is 18. The monoisotopic (exact) mass is 1170 g/mol. The number of nitrogens with zero attached hydrogens (tertiary/aromatic N) is 2. The minimum atomic E-state index is -2.37. The average molecular weight is 1170 g/mol. The van der Waals surface area contributed by atoms with Crippen LogP contribution in [0.2, 0.25) is 0 Å². The highest BCUT2D eigenvalue weighted by atomic mass is 32.2. The number of benzene rings is 2. The molecule has 3 saturated heterocycles. The highest BCUT2D eigenvalue weighted by molar-refractivity contribution is 8.00. The maximum atomic E-state index is 14.7. The van der Waals surface area contributed by atoms with Crippen molar-refractivity contribution in [1.82, 2.24) is 36.4 Å². The van der Waals surface area contributed by atoms with Gasteiger partial charge in [0.25, 0.3) is 0 Å². The summed E-state index contributed by atoms with van der Waals surface area (Å²) in [4.78, 5) is 115. The first-order valence-electron chi connectivity index (χ1n) is 28.2. The highest BCUT2D eigenvalue weighted by Gasteiger charge is 2.49. The zero-order valence-electron chi connectivity index (χ0n) is 46.8. The summed E-state index contributed by atoms with van der Waals surface area (Å²) in [5.74, 6) is -8.49. The molecular weight excluding hydrogens is 1090 g/mol. The molecule has 2 aromatic rings. The Bertz CT molecular complexity index is 2490. The Kier molecular flexibility index (Phi) is 25.6. The molecule has 8 amide bonds. The van der Waals surface area contributed by atoms with E-state index in [1.165, 1.54) is 42.8 Å². The van der Waals surface area contributed by atoms with E-state index < -0.39 is 164 Å². The van der Waals surface area contributed by atoms with Crippen LogP contribution in [0.15, 0.2) is 53.4 Å². The van der Waals surface area contributed by atoms with Crippen LogP contribution in [-0.4, -0.2) is 194 Å². The molecule has 82 heavy (non-hydrogen) atoms. The van der Waals surface area contributed by atoms with Crippen LogP contribution in [0.1, 0.15) is 129 Å². The molecule has 0 spiro atoms. The maximum Gasteiger partial charge on any atom is 0.248 e. The van der Waals surface area contributed by atoms with Gasteiger partial charge >= 0.3 is 0 Å². The molecular formula is C56H84N8O17S. The van der Waals surface area contributed by atoms with E-state index in [1.54, 1.807) is 0 Å². The van der Waals surface area contributed by atoms with Gasteiger partial charge in [0.15, 0.2) is 0 Å². The lowest BCUT2D eigenvalue weighted by Gasteiger charge is -2.34. The molecule has 16 N–H and O–H groups in total. The summed E-state index contributed by atoms with van der Waals surface area (Å²) in [6.07, 6.45) is -7.44. The summed E-state index contributed by atoms with van der Waals surface area (Å²) in [6.45, 7) is 6.83. The molecule has 0 bridgehead atoms. The summed E-state index contributed by atoms with van der Waals surface area (Å²) in [5.41, 5.74) is 5.30. The highest BCUT2D eigenvalue weighted by Crippen LogP contribution is 2.31. The van der Waals surface area contributed by atoms with Gasteiger partial charge in [0, 0.05) is 37.2 Å². The van der Waals surface area contributed by atoms with Gasteiger partial charge in [-0.05, 0) is 73.9 Å². The second kappa shape index (κ2) is 31.5. The van der Waals surface area contributed by atoms with Gasteiger partial charge in [0.2, 0.25) is 47.3 Å². The normalized spacial score (nSPS) is 27.5. The maximum absolute atomic E-state index is 14.7. The van der Waals surface area contributed by atoms with Gasteiger partial charge in [-0.1, -0.05) is 95.7 Å². The zero-order valence-corrected chi connectivity index (χ0v) is 47.7. The van der Waals surface area contributed by atoms with Crippen LogP contribution in [0.3, 0.4) is 0 Å². The Morgan fingerprint density at radius 3 is 2.00 bits per heavy atom. The fourth-order valence-electron chi connectivity index (χ4n) is 10.6. The SMILES string of the molecule is CCC(C)CC(C)CCCCCCCCC(=O)N[C@H]1C[C@@H](O)[C@@H](Sc2cccc(O)c2)NC(=O)[C@@H]2[C@@H](O)CCN2C(=O)C([C@H](O)CC(N)=O)NC(=O)[C@H]([C@H](O)[C@@H](O)c2ccc(O)cc2)NC(=O)[C@@H]2C[C@@H](O)CN2C(=O)[C@H]([C@@H](C)O)NC1=O. The largest absolute Gasteiger partial charge is 0.508 e. The lowest BCUT2D eigenvalue weighted by atomic mass is 9.91. The summed E-state index contributed by atoms with van der Waals surface area (Å²) in [6, 6.07) is -1.65. The number of carbonyl (C=O) groups is 8. The van der Waals surface area contributed by atoms with Crippen LogP contribution in [0, 0.1) is 11.8 Å². The van der Waals surface area contributed by atoms with Gasteiger partial charge in [-0.15, -0.1) is 0 Å². The predicted octanol–water partition coefficient (Wildman–Crippen LogP) is -0.836. The van der Waals surface area contributed by atoms with E-state index >= 15 is 0 Å². The number of primary amides is 1. The van der Waals surface area contributed by atoms with Gasteiger partial charge in [-0.2, -0.15) is 0 Å². The van der Waals surface area contributed by atoms with E-state index in [-0.39, 0.29) is 34.8 Å². The molecule has 16 atom stereocenters. The average Bonchev–Trinajstić information content (AvgIpc) is 4.12. The number of rotatable bonds is 22. The second-order valence-corrected chi connectivity index (χ2v) is 23.4. The standard InChI is InChI=1S/C56H84N8O17S/c1-5-29(2)23-30(3)13-10-8-6-7-9-11-16-43(73)58-37-26-41(71)54(82-36-15-12-14-34(67)24-36)62-53(79)47-39(69)21-22-63(47)56(81)45(40(70)27-42(57)72)60-52(78)46(49(75)48(74)32-17-19-33(66)20-18-32)61-51(77)38-25-35(68)28-64(38)55(80)44(31(4)65)59-50(37)76/h12,14-15,17-20,24,29-31,35,37-41,44-49,54,65-71,74-75H,5-11,13,16,21-23,25-28H2,1-4H3,(H2,57,72)(H,58,73)(H,59,76)(H,60,78)(H,61,77)(H,62,79)/t29?,30?,31-,35-,37+,38+,39+,40-,41-,44+,45?,46+,47+,48+,49+,54-/m1/s1. The van der Waals surface area contributed by atoms with Crippen LogP contribution >= 0.6 is 11.8 Å². The fourth-order valence-corrected chi connectivity index (χ4v) is 11.7. The Hall–Kier alpha value is -6.13. The van der Waals surface area contributed by atoms with Crippen molar-refractivity contribution >= 4 is 59.0 Å². The van der Waals surface area contributed by atoms with Crippen LogP contribution < -0.4 is 32.3 Å². The number of unbranched alkanes of at least 4 members (excludes halogenated alkanes) is 5. The Balaban J connectivity index is 1.55. The van der Waals surface area contributed by atoms with Crippen LogP contribution in [0.4, 0.5) is 0 Å². The Morgan fingerprint density at radius 1 is 0.720 bits per heavy atom. The first kappa shape index (κ1) is 66.7. The first-order valence-corrected chi connectivity index (χ1v) is 29.1. The van der Waals surface area contributed by atoms with Gasteiger partial charge in [0.05, 0.1) is 36.9 Å². The molecule has 0 aliphatic carbocycles. The first-order chi connectivity index (χ1) is 38.8. The third-order valence-corrected chi connectivity index (χ3v) is 16.6. The molecule has 3 heterocycles. The molecule has 0 saturated carbocycles. The lowest BCUT2D eigenvalue weighted by molar-refractivity contribution is -0.148. The van der Waals surface area contributed by atoms with Crippen molar-refractivity contribution in [1.29, 1.82) is 0 Å². The number of carbonyl (C=O) groups excluding carboxylic acids is 8. The fraction of sp³-hybridized carbons (Fsp3) is 0.643. The number of hydrogen-bond donors (Lipinski definition) is 15. The second-order valence-electron chi connectivity index (χ2n) is 22.2. The minimum Gasteiger partial charge on any atom is -0.508 e. The number of aliphatic hydroxyl groups is 7. The van der Waals surface area contributed by atoms with E-state index in [0.29, 0.717) is 24.7 Å². The Morgan fingerprint density at radius 2 is 1.35 bits per heavy atom. The number of aliphatic hydroxyl groups excluding tert-OH is 7. The van der Waals surface area contributed by atoms with Crippen molar-refractivity contribution in [3.8, 4) is 11.5 Å². The van der Waals surface area contributed by atoms with Crippen molar-refractivity contribution in [2.24, 2.45) is 17.6 Å². The molecule has 2 aromatic carbocycles. The minimum absolute atomic E-state index is 0.0666. The van der Waals surface area contributed by atoms with Crippen molar-refractivity contribution in [3.05, 3.63) is 54.1 Å². The van der Waals surface area contributed by atoms with Crippen molar-refractivity contribution < 1.29 is 84.3 Å². The molecule has 456 valence electrons. The number of thioether (sulfide) groups is 1. The third-order valence-electron chi connectivity index (χ3n) is 15.4. The van der Waals surface area contributed by atoms with Gasteiger partial charge < -0.3 is 88.1 Å². The quantitative estimate of drug-likeness (QED) is 0.0640. The number of phenolic OH excluding ortho intramolecular Hbond substituents is 2. The van der Waals surface area contributed by atoms with Crippen LogP contribution in [0.25, 0.3) is 0 Å². The molecule has 3 fully saturated rings. The van der Waals surface area contributed by atoms with Crippen molar-refractivity contribution in [2.45, 2.75) is 207 Å². The Labute approximate surface area is 481 Å². The molecule has 0 radical (unpaired) electrons. The van der Waals surface area contributed by atoms with Crippen LogP contribution in [-0.2, 0) is 38.4 Å². The molecule has 0 aromatic heterocycles. The number of amides is 8. The van der Waals surface area contributed by atoms with Gasteiger partial charge in [-0.25, -0.2) is 0 Å². The van der Waals surface area contributed by atoms with Crippen molar-refractivity contribution in [2.75, 3.05) is 13.1 Å². The number of nitrogens with two attached hydrogens (primary N) is 1. The number of phenols is 2. The number of aromatic hydroxyl groups is 2. The molecule has 3 aliphatic rings. The molecule has 5 rings (SSSR count). The number of fused-ring (bicyclic) bond motifs is 2. The molecule has 25 nitrogen and oxygen atoms in total. The zero-order chi connectivity index (χ0) is 60.5. The predicted molar refractivity (Wildman–Crippen MR) is 297 cm³/mol. The third kappa shape index (κ3) is 19.0. The summed E-state index contributed by atoms with van der Waals surface area (Å²) in [5, 5.41) is 111. The molecule has 3 unspecified atom stereocenters. The molecule has 26 heteroatoms. The van der Waals surface area contributed by atoms with E-state index in [0.717, 1.165) is 79.1 Å². The topological polar surface area (TPSA) is 411 Å². The van der Waals surface area contributed by atoms with Crippen molar-refractivity contribution in [3.63, 3.8) is 0 Å².